The van der Waals surface area contributed by atoms with E-state index in [0.29, 0.717) is 18.7 Å². The van der Waals surface area contributed by atoms with Crippen LogP contribution < -0.4 is 5.32 Å². The van der Waals surface area contributed by atoms with Gasteiger partial charge in [0.05, 0.1) is 7.11 Å². The first kappa shape index (κ1) is 14.9. The molecule has 0 saturated carbocycles. The summed E-state index contributed by atoms with van der Waals surface area (Å²) in [5, 5.41) is 3.00. The highest BCUT2D eigenvalue weighted by atomic mass is 35.5. The van der Waals surface area contributed by atoms with Crippen LogP contribution >= 0.6 is 23.2 Å². The van der Waals surface area contributed by atoms with E-state index in [-0.39, 0.29) is 10.3 Å². The fourth-order valence-corrected chi connectivity index (χ4v) is 2.58. The zero-order valence-corrected chi connectivity index (χ0v) is 12.2. The number of urea groups is 1. The van der Waals surface area contributed by atoms with Crippen LogP contribution in [0.1, 0.15) is 12.8 Å². The quantitative estimate of drug-likeness (QED) is 0.672. The molecular weight excluding hydrogens is 305 g/mol. The summed E-state index contributed by atoms with van der Waals surface area (Å²) in [5.74, 6) is -0.413. The first-order valence-electron chi connectivity index (χ1n) is 6.00. The molecule has 20 heavy (non-hydrogen) atoms. The van der Waals surface area contributed by atoms with Gasteiger partial charge in [0, 0.05) is 12.2 Å². The van der Waals surface area contributed by atoms with Crippen molar-refractivity contribution in [2.45, 2.75) is 18.9 Å². The third-order valence-electron chi connectivity index (χ3n) is 3.00. The number of hydrogen-bond donors (Lipinski definition) is 1. The van der Waals surface area contributed by atoms with E-state index in [4.69, 9.17) is 27.9 Å². The molecule has 1 aliphatic heterocycles. The molecule has 1 atom stereocenters. The average molecular weight is 318 g/mol. The number of nitrogens with zero attached hydrogens (tertiary/aromatic N) is 2. The van der Waals surface area contributed by atoms with E-state index in [0.717, 1.165) is 6.42 Å². The molecule has 108 valence electrons. The van der Waals surface area contributed by atoms with E-state index >= 15 is 0 Å². The van der Waals surface area contributed by atoms with Crippen molar-refractivity contribution in [3.8, 4) is 0 Å². The second-order valence-electron chi connectivity index (χ2n) is 4.31. The van der Waals surface area contributed by atoms with Crippen LogP contribution in [-0.4, -0.2) is 41.6 Å². The van der Waals surface area contributed by atoms with E-state index in [1.54, 1.807) is 0 Å². The lowest BCUT2D eigenvalue weighted by molar-refractivity contribution is -0.144. The Kier molecular flexibility index (Phi) is 4.67. The summed E-state index contributed by atoms with van der Waals surface area (Å²) in [6.45, 7) is 0.498. The Balaban J connectivity index is 2.09. The molecule has 2 rings (SSSR count). The van der Waals surface area contributed by atoms with Crippen LogP contribution in [0.3, 0.4) is 0 Å². The molecule has 1 aromatic rings. The number of amides is 2. The zero-order chi connectivity index (χ0) is 14.7. The molecule has 0 unspecified atom stereocenters. The lowest BCUT2D eigenvalue weighted by atomic mass is 10.2. The predicted molar refractivity (Wildman–Crippen MR) is 75.0 cm³/mol. The fraction of sp³-hybridized carbons (Fsp3) is 0.417. The van der Waals surface area contributed by atoms with Gasteiger partial charge in [-0.2, -0.15) is 0 Å². The van der Waals surface area contributed by atoms with Crippen molar-refractivity contribution in [2.24, 2.45) is 0 Å². The molecule has 2 amide bonds. The summed E-state index contributed by atoms with van der Waals surface area (Å²) in [4.78, 5) is 29.0. The molecular formula is C12H13Cl2N3O3. The first-order valence-corrected chi connectivity index (χ1v) is 6.75. The summed E-state index contributed by atoms with van der Waals surface area (Å²) in [7, 11) is 1.30. The van der Waals surface area contributed by atoms with E-state index in [2.05, 4.69) is 10.3 Å². The van der Waals surface area contributed by atoms with Gasteiger partial charge in [-0.05, 0) is 25.0 Å². The zero-order valence-electron chi connectivity index (χ0n) is 10.7. The number of halogens is 2. The number of methoxy groups -OCH3 is 1. The standard InChI is InChI=1S/C12H13Cl2N3O3/c1-20-11(18)8-3-2-4-17(8)12(19)15-7-5-9(13)16-10(14)6-7/h5-6,8H,2-4H2,1H3,(H,15,16,19)/t8-/m0/s1. The number of pyridine rings is 1. The minimum atomic E-state index is -0.548. The summed E-state index contributed by atoms with van der Waals surface area (Å²) < 4.78 is 4.69. The summed E-state index contributed by atoms with van der Waals surface area (Å²) in [6, 6.07) is 2.02. The van der Waals surface area contributed by atoms with Gasteiger partial charge in [0.25, 0.3) is 0 Å². The van der Waals surface area contributed by atoms with Crippen molar-refractivity contribution in [3.63, 3.8) is 0 Å². The largest absolute Gasteiger partial charge is 0.467 e. The van der Waals surface area contributed by atoms with Gasteiger partial charge < -0.3 is 15.0 Å². The van der Waals surface area contributed by atoms with Crippen molar-refractivity contribution in [1.29, 1.82) is 0 Å². The molecule has 1 saturated heterocycles. The molecule has 0 radical (unpaired) electrons. The molecule has 1 aliphatic rings. The molecule has 0 aromatic carbocycles. The Morgan fingerprint density at radius 2 is 2.05 bits per heavy atom. The second kappa shape index (κ2) is 6.28. The van der Waals surface area contributed by atoms with Gasteiger partial charge in [-0.3, -0.25) is 0 Å². The number of rotatable bonds is 2. The van der Waals surface area contributed by atoms with Crippen molar-refractivity contribution < 1.29 is 14.3 Å². The third kappa shape index (κ3) is 3.32. The van der Waals surface area contributed by atoms with Gasteiger partial charge in [-0.15, -0.1) is 0 Å². The molecule has 1 N–H and O–H groups in total. The highest BCUT2D eigenvalue weighted by molar-refractivity contribution is 6.32. The molecule has 1 aromatic heterocycles. The minimum absolute atomic E-state index is 0.179. The average Bonchev–Trinajstić information content (AvgIpc) is 2.85. The molecule has 0 spiro atoms. The van der Waals surface area contributed by atoms with Crippen LogP contribution in [-0.2, 0) is 9.53 Å². The van der Waals surface area contributed by atoms with Gasteiger partial charge >= 0.3 is 12.0 Å². The lowest BCUT2D eigenvalue weighted by Crippen LogP contribution is -2.43. The van der Waals surface area contributed by atoms with Gasteiger partial charge in [-0.25, -0.2) is 14.6 Å². The third-order valence-corrected chi connectivity index (χ3v) is 3.39. The molecule has 6 nitrogen and oxygen atoms in total. The molecule has 1 fully saturated rings. The maximum Gasteiger partial charge on any atom is 0.328 e. The number of aromatic nitrogens is 1. The van der Waals surface area contributed by atoms with Crippen LogP contribution in [0.25, 0.3) is 0 Å². The van der Waals surface area contributed by atoms with E-state index in [1.165, 1.54) is 24.1 Å². The molecule has 2 heterocycles. The van der Waals surface area contributed by atoms with Crippen molar-refractivity contribution in [3.05, 3.63) is 22.4 Å². The Labute approximate surface area is 126 Å². The number of esters is 1. The number of anilines is 1. The van der Waals surface area contributed by atoms with Crippen molar-refractivity contribution in [1.82, 2.24) is 9.88 Å². The lowest BCUT2D eigenvalue weighted by Gasteiger charge is -2.23. The van der Waals surface area contributed by atoms with Crippen LogP contribution in [0, 0.1) is 0 Å². The van der Waals surface area contributed by atoms with E-state index in [9.17, 15) is 9.59 Å². The van der Waals surface area contributed by atoms with Crippen molar-refractivity contribution >= 4 is 40.9 Å². The smallest absolute Gasteiger partial charge is 0.328 e. The van der Waals surface area contributed by atoms with Crippen LogP contribution in [0.15, 0.2) is 12.1 Å². The van der Waals surface area contributed by atoms with Gasteiger partial charge in [0.2, 0.25) is 0 Å². The molecule has 0 aliphatic carbocycles. The fourth-order valence-electron chi connectivity index (χ4n) is 2.12. The number of ether oxygens (including phenoxy) is 1. The van der Waals surface area contributed by atoms with E-state index in [1.807, 2.05) is 0 Å². The normalized spacial score (nSPS) is 17.9. The Morgan fingerprint density at radius 1 is 1.40 bits per heavy atom. The number of likely N-dealkylation sites (tertiary alicyclic amines) is 1. The Hall–Kier alpha value is -1.53. The SMILES string of the molecule is COC(=O)[C@@H]1CCCN1C(=O)Nc1cc(Cl)nc(Cl)c1. The van der Waals surface area contributed by atoms with Crippen LogP contribution in [0.2, 0.25) is 10.3 Å². The van der Waals surface area contributed by atoms with Gasteiger partial charge in [0.1, 0.15) is 16.3 Å². The number of nitrogens with one attached hydrogen (secondary N) is 1. The van der Waals surface area contributed by atoms with E-state index < -0.39 is 18.0 Å². The monoisotopic (exact) mass is 317 g/mol. The Bertz CT molecular complexity index is 518. The minimum Gasteiger partial charge on any atom is -0.467 e. The Morgan fingerprint density at radius 3 is 2.65 bits per heavy atom. The maximum atomic E-state index is 12.2. The topological polar surface area (TPSA) is 71.5 Å². The van der Waals surface area contributed by atoms with Crippen molar-refractivity contribution in [2.75, 3.05) is 19.0 Å². The summed E-state index contributed by atoms with van der Waals surface area (Å²) in [5.41, 5.74) is 0.426. The highest BCUT2D eigenvalue weighted by Crippen LogP contribution is 2.22. The summed E-state index contributed by atoms with van der Waals surface area (Å²) in [6.07, 6.45) is 1.35. The number of carbonyl (C=O) groups is 2. The molecule has 0 bridgehead atoms. The second-order valence-corrected chi connectivity index (χ2v) is 5.08. The van der Waals surface area contributed by atoms with Crippen LogP contribution in [0.5, 0.6) is 0 Å². The predicted octanol–water partition coefficient (Wildman–Crippen LogP) is 2.56. The number of hydrogen-bond acceptors (Lipinski definition) is 4. The molecule has 8 heteroatoms. The van der Waals surface area contributed by atoms with Crippen LogP contribution in [0.4, 0.5) is 10.5 Å². The maximum absolute atomic E-state index is 12.2. The first-order chi connectivity index (χ1) is 9.51. The summed E-state index contributed by atoms with van der Waals surface area (Å²) >= 11 is 11.5. The van der Waals surface area contributed by atoms with Gasteiger partial charge in [0.15, 0.2) is 0 Å². The highest BCUT2D eigenvalue weighted by Gasteiger charge is 2.34. The number of carbonyl (C=O) groups excluding carboxylic acids is 2. The van der Waals surface area contributed by atoms with Gasteiger partial charge in [-0.1, -0.05) is 23.2 Å².